The number of rotatable bonds is 6. The number of ether oxygens (including phenoxy) is 1. The van der Waals surface area contributed by atoms with Crippen molar-refractivity contribution in [1.29, 1.82) is 0 Å². The summed E-state index contributed by atoms with van der Waals surface area (Å²) in [5.74, 6) is 0.898. The number of hydrogen-bond donors (Lipinski definition) is 0. The Balaban J connectivity index is 1.63. The van der Waals surface area contributed by atoms with Crippen LogP contribution in [-0.2, 0) is 14.3 Å². The molecule has 2 rings (SSSR count). The van der Waals surface area contributed by atoms with Crippen LogP contribution in [0.3, 0.4) is 0 Å². The lowest BCUT2D eigenvalue weighted by molar-refractivity contribution is -0.145. The summed E-state index contributed by atoms with van der Waals surface area (Å²) in [6, 6.07) is 0. The molecule has 0 spiro atoms. The molecule has 0 N–H and O–H groups in total. The number of piperazine rings is 1. The maximum Gasteiger partial charge on any atom is 0.320 e. The van der Waals surface area contributed by atoms with Crippen LogP contribution in [0.5, 0.6) is 0 Å². The standard InChI is InChI=1S/C16H28N2O3/c1-2-21-16(20)13-17-9-11-18(12-10-17)15(19)8-7-14-5-3-4-6-14/h14H,2-13H2,1H3. The van der Waals surface area contributed by atoms with Crippen molar-refractivity contribution in [2.24, 2.45) is 5.92 Å². The van der Waals surface area contributed by atoms with Crippen molar-refractivity contribution in [3.63, 3.8) is 0 Å². The van der Waals surface area contributed by atoms with E-state index >= 15 is 0 Å². The van der Waals surface area contributed by atoms with Crippen molar-refractivity contribution in [2.75, 3.05) is 39.3 Å². The van der Waals surface area contributed by atoms with Gasteiger partial charge in [-0.1, -0.05) is 25.7 Å². The number of esters is 1. The molecule has 5 nitrogen and oxygen atoms in total. The molecule has 0 bridgehead atoms. The second-order valence-corrected chi connectivity index (χ2v) is 6.15. The van der Waals surface area contributed by atoms with E-state index in [1.807, 2.05) is 11.8 Å². The summed E-state index contributed by atoms with van der Waals surface area (Å²) in [6.07, 6.45) is 7.04. The van der Waals surface area contributed by atoms with E-state index in [4.69, 9.17) is 4.74 Å². The SMILES string of the molecule is CCOC(=O)CN1CCN(C(=O)CCC2CCCC2)CC1. The predicted molar refractivity (Wildman–Crippen MR) is 80.8 cm³/mol. The van der Waals surface area contributed by atoms with Gasteiger partial charge in [0.2, 0.25) is 5.91 Å². The highest BCUT2D eigenvalue weighted by atomic mass is 16.5. The van der Waals surface area contributed by atoms with Gasteiger partial charge in [0.1, 0.15) is 0 Å². The van der Waals surface area contributed by atoms with Crippen LogP contribution in [0.15, 0.2) is 0 Å². The normalized spacial score (nSPS) is 20.7. The van der Waals surface area contributed by atoms with Gasteiger partial charge in [0.05, 0.1) is 13.2 Å². The molecule has 0 aromatic carbocycles. The summed E-state index contributed by atoms with van der Waals surface area (Å²) in [6.45, 7) is 5.61. The summed E-state index contributed by atoms with van der Waals surface area (Å²) < 4.78 is 4.95. The molecule has 1 heterocycles. The Morgan fingerprint density at radius 1 is 1.10 bits per heavy atom. The molecule has 0 atom stereocenters. The molecule has 1 saturated heterocycles. The van der Waals surface area contributed by atoms with Crippen LogP contribution < -0.4 is 0 Å². The van der Waals surface area contributed by atoms with E-state index in [9.17, 15) is 9.59 Å². The van der Waals surface area contributed by atoms with Crippen LogP contribution in [0.4, 0.5) is 0 Å². The lowest BCUT2D eigenvalue weighted by Crippen LogP contribution is -2.50. The summed E-state index contributed by atoms with van der Waals surface area (Å²) in [7, 11) is 0. The van der Waals surface area contributed by atoms with Gasteiger partial charge in [-0.05, 0) is 19.3 Å². The molecular weight excluding hydrogens is 268 g/mol. The van der Waals surface area contributed by atoms with E-state index in [1.165, 1.54) is 25.7 Å². The molecule has 1 saturated carbocycles. The molecule has 2 aliphatic rings. The Morgan fingerprint density at radius 2 is 1.76 bits per heavy atom. The van der Waals surface area contributed by atoms with Crippen LogP contribution in [0.2, 0.25) is 0 Å². The Kier molecular flexibility index (Phi) is 6.49. The highest BCUT2D eigenvalue weighted by molar-refractivity contribution is 5.76. The van der Waals surface area contributed by atoms with E-state index in [0.717, 1.165) is 38.5 Å². The van der Waals surface area contributed by atoms with Crippen molar-refractivity contribution < 1.29 is 14.3 Å². The molecular formula is C16H28N2O3. The average Bonchev–Trinajstić information content (AvgIpc) is 2.99. The number of carbonyl (C=O) groups excluding carboxylic acids is 2. The molecule has 1 aliphatic carbocycles. The van der Waals surface area contributed by atoms with E-state index in [1.54, 1.807) is 0 Å². The topological polar surface area (TPSA) is 49.9 Å². The molecule has 120 valence electrons. The summed E-state index contributed by atoms with van der Waals surface area (Å²) in [4.78, 5) is 27.7. The molecule has 0 radical (unpaired) electrons. The van der Waals surface area contributed by atoms with Crippen molar-refractivity contribution in [3.05, 3.63) is 0 Å². The molecule has 1 amide bonds. The van der Waals surface area contributed by atoms with Gasteiger partial charge in [-0.3, -0.25) is 14.5 Å². The summed E-state index contributed by atoms with van der Waals surface area (Å²) >= 11 is 0. The lowest BCUT2D eigenvalue weighted by atomic mass is 10.0. The summed E-state index contributed by atoms with van der Waals surface area (Å²) in [5.41, 5.74) is 0. The number of hydrogen-bond acceptors (Lipinski definition) is 4. The molecule has 1 aliphatic heterocycles. The lowest BCUT2D eigenvalue weighted by Gasteiger charge is -2.34. The Labute approximate surface area is 127 Å². The first-order valence-corrected chi connectivity index (χ1v) is 8.34. The van der Waals surface area contributed by atoms with Gasteiger partial charge in [-0.15, -0.1) is 0 Å². The quantitative estimate of drug-likeness (QED) is 0.700. The number of nitrogens with zero attached hydrogens (tertiary/aromatic N) is 2. The van der Waals surface area contributed by atoms with Gasteiger partial charge >= 0.3 is 5.97 Å². The number of carbonyl (C=O) groups is 2. The van der Waals surface area contributed by atoms with Gasteiger partial charge in [-0.2, -0.15) is 0 Å². The van der Waals surface area contributed by atoms with Crippen molar-refractivity contribution in [3.8, 4) is 0 Å². The third-order valence-electron chi connectivity index (χ3n) is 4.62. The second kappa shape index (κ2) is 8.37. The van der Waals surface area contributed by atoms with Gasteiger partial charge in [0, 0.05) is 32.6 Å². The Morgan fingerprint density at radius 3 is 2.38 bits per heavy atom. The van der Waals surface area contributed by atoms with E-state index in [0.29, 0.717) is 19.6 Å². The molecule has 0 aromatic rings. The minimum atomic E-state index is -0.168. The van der Waals surface area contributed by atoms with Crippen LogP contribution in [0.1, 0.15) is 45.4 Å². The van der Waals surface area contributed by atoms with Crippen molar-refractivity contribution in [2.45, 2.75) is 45.4 Å². The van der Waals surface area contributed by atoms with Crippen LogP contribution in [-0.4, -0.2) is 61.0 Å². The maximum atomic E-state index is 12.2. The zero-order valence-electron chi connectivity index (χ0n) is 13.2. The fraction of sp³-hybridized carbons (Fsp3) is 0.875. The van der Waals surface area contributed by atoms with Crippen LogP contribution in [0, 0.1) is 5.92 Å². The van der Waals surface area contributed by atoms with Crippen molar-refractivity contribution in [1.82, 2.24) is 9.80 Å². The smallest absolute Gasteiger partial charge is 0.320 e. The van der Waals surface area contributed by atoms with Crippen LogP contribution in [0.25, 0.3) is 0 Å². The first-order valence-electron chi connectivity index (χ1n) is 8.34. The van der Waals surface area contributed by atoms with Gasteiger partial charge in [0.25, 0.3) is 0 Å². The van der Waals surface area contributed by atoms with Gasteiger partial charge in [-0.25, -0.2) is 0 Å². The molecule has 0 unspecified atom stereocenters. The summed E-state index contributed by atoms with van der Waals surface area (Å²) in [5, 5.41) is 0. The van der Waals surface area contributed by atoms with Crippen LogP contribution >= 0.6 is 0 Å². The van der Waals surface area contributed by atoms with E-state index < -0.39 is 0 Å². The van der Waals surface area contributed by atoms with Gasteiger partial charge in [0.15, 0.2) is 0 Å². The molecule has 2 fully saturated rings. The number of amides is 1. The first kappa shape index (κ1) is 16.3. The average molecular weight is 296 g/mol. The Bertz CT molecular complexity index is 345. The zero-order chi connectivity index (χ0) is 15.1. The third kappa shape index (κ3) is 5.30. The Hall–Kier alpha value is -1.10. The monoisotopic (exact) mass is 296 g/mol. The minimum Gasteiger partial charge on any atom is -0.465 e. The predicted octanol–water partition coefficient (Wildman–Crippen LogP) is 1.66. The fourth-order valence-electron chi connectivity index (χ4n) is 3.33. The maximum absolute atomic E-state index is 12.2. The van der Waals surface area contributed by atoms with E-state index in [-0.39, 0.29) is 11.9 Å². The molecule has 21 heavy (non-hydrogen) atoms. The van der Waals surface area contributed by atoms with E-state index in [2.05, 4.69) is 4.90 Å². The molecule has 5 heteroatoms. The van der Waals surface area contributed by atoms with Crippen molar-refractivity contribution >= 4 is 11.9 Å². The fourth-order valence-corrected chi connectivity index (χ4v) is 3.33. The molecule has 0 aromatic heterocycles. The third-order valence-corrected chi connectivity index (χ3v) is 4.62. The minimum absolute atomic E-state index is 0.168. The first-order chi connectivity index (χ1) is 10.2. The zero-order valence-corrected chi connectivity index (χ0v) is 13.2. The van der Waals surface area contributed by atoms with Gasteiger partial charge < -0.3 is 9.64 Å². The highest BCUT2D eigenvalue weighted by Crippen LogP contribution is 2.28. The largest absolute Gasteiger partial charge is 0.465 e. The second-order valence-electron chi connectivity index (χ2n) is 6.15. The highest BCUT2D eigenvalue weighted by Gasteiger charge is 2.23.